The van der Waals surface area contributed by atoms with E-state index in [2.05, 4.69) is 0 Å². The molecule has 106 valence electrons. The van der Waals surface area contributed by atoms with Gasteiger partial charge in [-0.3, -0.25) is 0 Å². The molecule has 1 saturated carbocycles. The van der Waals surface area contributed by atoms with Gasteiger partial charge in [-0.25, -0.2) is 0 Å². The highest BCUT2D eigenvalue weighted by molar-refractivity contribution is 4.82. The second-order valence-electron chi connectivity index (χ2n) is 5.93. The lowest BCUT2D eigenvalue weighted by atomic mass is 9.85. The molecule has 3 unspecified atom stereocenters. The quantitative estimate of drug-likeness (QED) is 0.831. The summed E-state index contributed by atoms with van der Waals surface area (Å²) >= 11 is 0. The molecule has 0 bridgehead atoms. The summed E-state index contributed by atoms with van der Waals surface area (Å²) in [6, 6.07) is 0.256. The topological polar surface area (TPSA) is 29.3 Å². The first-order valence-electron chi connectivity index (χ1n) is 7.00. The molecule has 0 aromatic rings. The van der Waals surface area contributed by atoms with Gasteiger partial charge in [0.1, 0.15) is 0 Å². The number of likely N-dealkylation sites (tertiary alicyclic amines) is 1. The Hall–Kier alpha value is -0.290. The molecular weight excluding hydrogens is 241 g/mol. The van der Waals surface area contributed by atoms with Crippen LogP contribution in [-0.2, 0) is 0 Å². The molecule has 2 nitrogen and oxygen atoms in total. The van der Waals surface area contributed by atoms with Crippen LogP contribution in [-0.4, -0.2) is 36.8 Å². The normalized spacial score (nSPS) is 35.7. The Balaban J connectivity index is 1.82. The minimum Gasteiger partial charge on any atom is -0.328 e. The third-order valence-electron chi connectivity index (χ3n) is 4.31. The third kappa shape index (κ3) is 3.85. The first-order valence-corrected chi connectivity index (χ1v) is 7.00. The molecule has 1 aliphatic carbocycles. The maximum absolute atomic E-state index is 12.7. The van der Waals surface area contributed by atoms with Crippen molar-refractivity contribution < 1.29 is 13.2 Å². The number of hydrogen-bond acceptors (Lipinski definition) is 2. The molecular formula is C13H23F3N2. The molecule has 3 atom stereocenters. The number of piperidine rings is 1. The highest BCUT2D eigenvalue weighted by Gasteiger charge is 2.42. The summed E-state index contributed by atoms with van der Waals surface area (Å²) in [5.74, 6) is -0.621. The molecule has 1 aliphatic heterocycles. The van der Waals surface area contributed by atoms with Crippen molar-refractivity contribution in [2.75, 3.05) is 19.6 Å². The van der Waals surface area contributed by atoms with Crippen LogP contribution in [0.25, 0.3) is 0 Å². The number of rotatable bonds is 2. The van der Waals surface area contributed by atoms with Gasteiger partial charge in [-0.2, -0.15) is 13.2 Å². The number of nitrogens with two attached hydrogens (primary N) is 1. The smallest absolute Gasteiger partial charge is 0.328 e. The van der Waals surface area contributed by atoms with Gasteiger partial charge in [0.25, 0.3) is 0 Å². The van der Waals surface area contributed by atoms with Crippen molar-refractivity contribution in [3.05, 3.63) is 0 Å². The van der Waals surface area contributed by atoms with Crippen molar-refractivity contribution in [1.29, 1.82) is 0 Å². The van der Waals surface area contributed by atoms with Gasteiger partial charge < -0.3 is 10.6 Å². The van der Waals surface area contributed by atoms with Crippen LogP contribution in [0.1, 0.15) is 38.5 Å². The van der Waals surface area contributed by atoms with Gasteiger partial charge in [-0.15, -0.1) is 0 Å². The summed E-state index contributed by atoms with van der Waals surface area (Å²) in [6.45, 7) is 1.81. The van der Waals surface area contributed by atoms with Crippen LogP contribution in [0.4, 0.5) is 13.2 Å². The third-order valence-corrected chi connectivity index (χ3v) is 4.31. The fourth-order valence-corrected chi connectivity index (χ4v) is 3.35. The number of nitrogens with zero attached hydrogens (tertiary/aromatic N) is 1. The fraction of sp³-hybridized carbons (Fsp3) is 1.00. The predicted octanol–water partition coefficient (Wildman–Crippen LogP) is 2.78. The van der Waals surface area contributed by atoms with Gasteiger partial charge in [0.2, 0.25) is 0 Å². The largest absolute Gasteiger partial charge is 0.393 e. The van der Waals surface area contributed by atoms with Crippen LogP contribution < -0.4 is 5.73 Å². The van der Waals surface area contributed by atoms with E-state index in [1.165, 1.54) is 0 Å². The van der Waals surface area contributed by atoms with Crippen molar-refractivity contribution >= 4 is 0 Å². The van der Waals surface area contributed by atoms with Gasteiger partial charge in [0, 0.05) is 19.1 Å². The lowest BCUT2D eigenvalue weighted by Gasteiger charge is -2.37. The van der Waals surface area contributed by atoms with E-state index in [9.17, 15) is 13.2 Å². The van der Waals surface area contributed by atoms with Gasteiger partial charge in [-0.1, -0.05) is 6.42 Å². The molecule has 0 aromatic carbocycles. The summed E-state index contributed by atoms with van der Waals surface area (Å²) in [4.78, 5) is 2.00. The van der Waals surface area contributed by atoms with E-state index < -0.39 is 12.1 Å². The fourth-order valence-electron chi connectivity index (χ4n) is 3.35. The Kier molecular flexibility index (Phi) is 4.54. The van der Waals surface area contributed by atoms with E-state index in [1.807, 2.05) is 4.90 Å². The van der Waals surface area contributed by atoms with Crippen molar-refractivity contribution in [2.45, 2.75) is 50.7 Å². The summed E-state index contributed by atoms with van der Waals surface area (Å²) in [7, 11) is 0. The summed E-state index contributed by atoms with van der Waals surface area (Å²) in [5, 5.41) is 0. The molecule has 1 heterocycles. The Morgan fingerprint density at radius 1 is 1.11 bits per heavy atom. The van der Waals surface area contributed by atoms with Crippen LogP contribution in [0.3, 0.4) is 0 Å². The maximum atomic E-state index is 12.7. The average molecular weight is 264 g/mol. The van der Waals surface area contributed by atoms with Gasteiger partial charge in [-0.05, 0) is 44.6 Å². The lowest BCUT2D eigenvalue weighted by molar-refractivity contribution is -0.187. The van der Waals surface area contributed by atoms with Gasteiger partial charge in [0.05, 0.1) is 5.92 Å². The Labute approximate surface area is 107 Å². The molecule has 5 heteroatoms. The van der Waals surface area contributed by atoms with Crippen molar-refractivity contribution in [3.8, 4) is 0 Å². The standard InChI is InChI=1S/C13H23F3N2/c14-13(15,16)11-4-2-6-18(9-11)8-10-3-1-5-12(17)7-10/h10-12H,1-9,17H2. The zero-order valence-electron chi connectivity index (χ0n) is 10.8. The second kappa shape index (κ2) is 5.78. The van der Waals surface area contributed by atoms with Crippen LogP contribution in [0, 0.1) is 11.8 Å². The number of halogens is 3. The highest BCUT2D eigenvalue weighted by Crippen LogP contribution is 2.34. The monoisotopic (exact) mass is 264 g/mol. The summed E-state index contributed by atoms with van der Waals surface area (Å²) in [5.41, 5.74) is 5.93. The van der Waals surface area contributed by atoms with E-state index >= 15 is 0 Å². The minimum atomic E-state index is -4.03. The molecule has 0 amide bonds. The van der Waals surface area contributed by atoms with Crippen LogP contribution >= 0.6 is 0 Å². The first kappa shape index (κ1) is 14.1. The second-order valence-corrected chi connectivity index (χ2v) is 5.93. The van der Waals surface area contributed by atoms with Gasteiger partial charge >= 0.3 is 6.18 Å². The SMILES string of the molecule is NC1CCCC(CN2CCCC(C(F)(F)F)C2)C1. The Bertz CT molecular complexity index is 267. The van der Waals surface area contributed by atoms with E-state index in [4.69, 9.17) is 5.73 Å². The predicted molar refractivity (Wildman–Crippen MR) is 65.2 cm³/mol. The maximum Gasteiger partial charge on any atom is 0.393 e. The number of hydrogen-bond donors (Lipinski definition) is 1. The Morgan fingerprint density at radius 2 is 1.89 bits per heavy atom. The van der Waals surface area contributed by atoms with Crippen molar-refractivity contribution in [1.82, 2.24) is 4.90 Å². The van der Waals surface area contributed by atoms with Gasteiger partial charge in [0.15, 0.2) is 0 Å². The lowest BCUT2D eigenvalue weighted by Crippen LogP contribution is -2.44. The average Bonchev–Trinajstić information content (AvgIpc) is 2.28. The number of alkyl halides is 3. The molecule has 0 radical (unpaired) electrons. The van der Waals surface area contributed by atoms with Crippen LogP contribution in [0.5, 0.6) is 0 Å². The van der Waals surface area contributed by atoms with E-state index in [1.54, 1.807) is 0 Å². The van der Waals surface area contributed by atoms with Crippen LogP contribution in [0.15, 0.2) is 0 Å². The van der Waals surface area contributed by atoms with E-state index in [0.717, 1.165) is 38.8 Å². The minimum absolute atomic E-state index is 0.190. The molecule has 0 spiro atoms. The molecule has 2 fully saturated rings. The van der Waals surface area contributed by atoms with Crippen molar-refractivity contribution in [3.63, 3.8) is 0 Å². The van der Waals surface area contributed by atoms with E-state index in [0.29, 0.717) is 18.8 Å². The first-order chi connectivity index (χ1) is 8.45. The van der Waals surface area contributed by atoms with E-state index in [-0.39, 0.29) is 12.6 Å². The summed E-state index contributed by atoms with van der Waals surface area (Å²) in [6.07, 6.45) is 1.24. The zero-order valence-corrected chi connectivity index (χ0v) is 10.8. The molecule has 2 aliphatic rings. The molecule has 2 rings (SSSR count). The molecule has 0 aromatic heterocycles. The highest BCUT2D eigenvalue weighted by atomic mass is 19.4. The molecule has 2 N–H and O–H groups in total. The van der Waals surface area contributed by atoms with Crippen LogP contribution in [0.2, 0.25) is 0 Å². The molecule has 1 saturated heterocycles. The zero-order chi connectivity index (χ0) is 13.2. The molecule has 18 heavy (non-hydrogen) atoms. The Morgan fingerprint density at radius 3 is 2.56 bits per heavy atom. The van der Waals surface area contributed by atoms with Crippen molar-refractivity contribution in [2.24, 2.45) is 17.6 Å². The summed E-state index contributed by atoms with van der Waals surface area (Å²) < 4.78 is 38.1.